The van der Waals surface area contributed by atoms with Crippen LogP contribution in [-0.2, 0) is 4.79 Å². The Hall–Kier alpha value is -2.51. The van der Waals surface area contributed by atoms with Crippen LogP contribution >= 0.6 is 0 Å². The van der Waals surface area contributed by atoms with Crippen LogP contribution in [0.5, 0.6) is 0 Å². The maximum absolute atomic E-state index is 12.0. The molecule has 8 heteroatoms. The molecule has 1 atom stereocenters. The van der Waals surface area contributed by atoms with E-state index in [0.717, 1.165) is 12.8 Å². The van der Waals surface area contributed by atoms with Gasteiger partial charge in [-0.2, -0.15) is 4.98 Å². The summed E-state index contributed by atoms with van der Waals surface area (Å²) in [7, 11) is 0. The monoisotopic (exact) mass is 275 g/mol. The number of amides is 1. The molecule has 0 aromatic carbocycles. The van der Waals surface area contributed by atoms with E-state index < -0.39 is 17.9 Å². The maximum atomic E-state index is 12.0. The number of aromatic nitrogens is 4. The van der Waals surface area contributed by atoms with Crippen LogP contribution in [0.3, 0.4) is 0 Å². The van der Waals surface area contributed by atoms with Gasteiger partial charge in [0.1, 0.15) is 6.04 Å². The molecule has 2 N–H and O–H groups in total. The molecule has 2 aromatic heterocycles. The van der Waals surface area contributed by atoms with Gasteiger partial charge in [0.05, 0.1) is 0 Å². The lowest BCUT2D eigenvalue weighted by molar-refractivity contribution is -0.139. The Morgan fingerprint density at radius 1 is 1.50 bits per heavy atom. The Balaban J connectivity index is 1.75. The highest BCUT2D eigenvalue weighted by Gasteiger charge is 2.31. The van der Waals surface area contributed by atoms with Crippen LogP contribution in [0.2, 0.25) is 0 Å². The molecule has 0 radical (unpaired) electrons. The number of carbonyl (C=O) groups is 2. The number of fused-ring (bicyclic) bond motifs is 1. The molecule has 0 bridgehead atoms. The molecule has 0 saturated heterocycles. The number of aliphatic carboxylic acids is 1. The van der Waals surface area contributed by atoms with Gasteiger partial charge >= 0.3 is 5.97 Å². The summed E-state index contributed by atoms with van der Waals surface area (Å²) in [5.41, 5.74) is 0. The summed E-state index contributed by atoms with van der Waals surface area (Å²) >= 11 is 0. The van der Waals surface area contributed by atoms with E-state index in [2.05, 4.69) is 20.4 Å². The first-order valence-electron chi connectivity index (χ1n) is 6.34. The minimum atomic E-state index is -1.04. The molecular weight excluding hydrogens is 262 g/mol. The van der Waals surface area contributed by atoms with Crippen molar-refractivity contribution in [3.63, 3.8) is 0 Å². The SMILES string of the molecule is O=C(NC(CC1CC1)C(=O)O)c1nc2ncccn2n1. The van der Waals surface area contributed by atoms with Gasteiger partial charge in [-0.1, -0.05) is 12.8 Å². The van der Waals surface area contributed by atoms with Gasteiger partial charge in [-0.3, -0.25) is 4.79 Å². The van der Waals surface area contributed by atoms with Crippen molar-refractivity contribution in [2.24, 2.45) is 5.92 Å². The zero-order valence-corrected chi connectivity index (χ0v) is 10.6. The first kappa shape index (κ1) is 12.5. The molecule has 1 fully saturated rings. The molecule has 104 valence electrons. The van der Waals surface area contributed by atoms with Crippen LogP contribution in [-0.4, -0.2) is 42.6 Å². The Morgan fingerprint density at radius 2 is 2.30 bits per heavy atom. The van der Waals surface area contributed by atoms with Gasteiger partial charge < -0.3 is 10.4 Å². The van der Waals surface area contributed by atoms with E-state index in [0.29, 0.717) is 18.1 Å². The summed E-state index contributed by atoms with van der Waals surface area (Å²) in [5, 5.41) is 15.5. The highest BCUT2D eigenvalue weighted by atomic mass is 16.4. The van der Waals surface area contributed by atoms with Crippen molar-refractivity contribution < 1.29 is 14.7 Å². The topological polar surface area (TPSA) is 109 Å². The van der Waals surface area contributed by atoms with E-state index in [1.807, 2.05) is 0 Å². The van der Waals surface area contributed by atoms with Crippen molar-refractivity contribution in [1.82, 2.24) is 24.9 Å². The molecule has 1 aliphatic carbocycles. The zero-order chi connectivity index (χ0) is 14.1. The Bertz CT molecular complexity index is 631. The fraction of sp³-hybridized carbons (Fsp3) is 0.417. The minimum Gasteiger partial charge on any atom is -0.480 e. The molecule has 20 heavy (non-hydrogen) atoms. The van der Waals surface area contributed by atoms with Gasteiger partial charge in [0.15, 0.2) is 0 Å². The maximum Gasteiger partial charge on any atom is 0.326 e. The lowest BCUT2D eigenvalue weighted by Crippen LogP contribution is -2.41. The minimum absolute atomic E-state index is 0.0780. The standard InChI is InChI=1S/C12H13N5O3/c18-10(14-8(11(19)20)6-7-2-3-7)9-15-12-13-4-1-5-17(12)16-9/h1,4-5,7-8H,2-3,6H2,(H,14,18)(H,19,20). The van der Waals surface area contributed by atoms with Crippen molar-refractivity contribution in [3.05, 3.63) is 24.3 Å². The molecule has 0 spiro atoms. The van der Waals surface area contributed by atoms with Crippen LogP contribution in [0.25, 0.3) is 5.78 Å². The van der Waals surface area contributed by atoms with E-state index in [1.165, 1.54) is 4.52 Å². The second-order valence-corrected chi connectivity index (χ2v) is 4.84. The second kappa shape index (κ2) is 4.87. The van der Waals surface area contributed by atoms with Crippen molar-refractivity contribution in [2.45, 2.75) is 25.3 Å². The van der Waals surface area contributed by atoms with Crippen molar-refractivity contribution >= 4 is 17.7 Å². The van der Waals surface area contributed by atoms with Crippen LogP contribution in [0.4, 0.5) is 0 Å². The number of rotatable bonds is 5. The molecule has 1 saturated carbocycles. The first-order valence-corrected chi connectivity index (χ1v) is 6.34. The number of nitrogens with one attached hydrogen (secondary N) is 1. The second-order valence-electron chi connectivity index (χ2n) is 4.84. The predicted octanol–water partition coefficient (Wildman–Crippen LogP) is 0.107. The summed E-state index contributed by atoms with van der Waals surface area (Å²) in [6, 6.07) is 0.769. The molecule has 8 nitrogen and oxygen atoms in total. The van der Waals surface area contributed by atoms with E-state index in [1.54, 1.807) is 18.5 Å². The summed E-state index contributed by atoms with van der Waals surface area (Å²) in [4.78, 5) is 31.0. The summed E-state index contributed by atoms with van der Waals surface area (Å²) in [5.74, 6) is -1.01. The Labute approximate surface area is 113 Å². The quantitative estimate of drug-likeness (QED) is 0.801. The highest BCUT2D eigenvalue weighted by Crippen LogP contribution is 2.33. The summed E-state index contributed by atoms with van der Waals surface area (Å²) < 4.78 is 1.37. The van der Waals surface area contributed by atoms with E-state index >= 15 is 0 Å². The number of carbonyl (C=O) groups excluding carboxylic acids is 1. The van der Waals surface area contributed by atoms with Gasteiger partial charge in [-0.15, -0.1) is 5.10 Å². The Kier molecular flexibility index (Phi) is 3.05. The molecule has 0 aliphatic heterocycles. The average Bonchev–Trinajstić information content (AvgIpc) is 3.13. The Morgan fingerprint density at radius 3 is 2.95 bits per heavy atom. The van der Waals surface area contributed by atoms with Crippen LogP contribution < -0.4 is 5.32 Å². The number of hydrogen-bond acceptors (Lipinski definition) is 5. The highest BCUT2D eigenvalue weighted by molar-refractivity contribution is 5.93. The largest absolute Gasteiger partial charge is 0.480 e. The first-order chi connectivity index (χ1) is 9.63. The summed E-state index contributed by atoms with van der Waals surface area (Å²) in [6.45, 7) is 0. The van der Waals surface area contributed by atoms with E-state index in [4.69, 9.17) is 5.11 Å². The third-order valence-corrected chi connectivity index (χ3v) is 3.19. The molecule has 1 amide bonds. The van der Waals surface area contributed by atoms with Gasteiger partial charge in [0, 0.05) is 12.4 Å². The van der Waals surface area contributed by atoms with E-state index in [-0.39, 0.29) is 5.82 Å². The smallest absolute Gasteiger partial charge is 0.326 e. The molecule has 2 heterocycles. The van der Waals surface area contributed by atoms with Crippen LogP contribution in [0.15, 0.2) is 18.5 Å². The predicted molar refractivity (Wildman–Crippen MR) is 67.0 cm³/mol. The molecule has 1 aliphatic rings. The molecule has 1 unspecified atom stereocenters. The lowest BCUT2D eigenvalue weighted by Gasteiger charge is -2.12. The van der Waals surface area contributed by atoms with Crippen molar-refractivity contribution in [1.29, 1.82) is 0 Å². The third kappa shape index (κ3) is 2.58. The molecular formula is C12H13N5O3. The van der Waals surface area contributed by atoms with Gasteiger partial charge in [-0.25, -0.2) is 14.3 Å². The average molecular weight is 275 g/mol. The lowest BCUT2D eigenvalue weighted by atomic mass is 10.1. The summed E-state index contributed by atoms with van der Waals surface area (Å²) in [6.07, 6.45) is 5.66. The van der Waals surface area contributed by atoms with Crippen molar-refractivity contribution in [3.8, 4) is 0 Å². The van der Waals surface area contributed by atoms with E-state index in [9.17, 15) is 9.59 Å². The number of carboxylic acid groups (broad SMARTS) is 1. The van der Waals surface area contributed by atoms with Crippen LogP contribution in [0, 0.1) is 5.92 Å². The van der Waals surface area contributed by atoms with Crippen molar-refractivity contribution in [2.75, 3.05) is 0 Å². The molecule has 2 aromatic rings. The number of nitrogens with zero attached hydrogens (tertiary/aromatic N) is 4. The third-order valence-electron chi connectivity index (χ3n) is 3.19. The van der Waals surface area contributed by atoms with Gasteiger partial charge in [0.25, 0.3) is 11.7 Å². The van der Waals surface area contributed by atoms with Gasteiger partial charge in [-0.05, 0) is 18.4 Å². The fourth-order valence-corrected chi connectivity index (χ4v) is 1.96. The normalized spacial score (nSPS) is 16.0. The number of hydrogen-bond donors (Lipinski definition) is 2. The number of carboxylic acids is 1. The fourth-order valence-electron chi connectivity index (χ4n) is 1.96. The molecule has 3 rings (SSSR count). The van der Waals surface area contributed by atoms with Gasteiger partial charge in [0.2, 0.25) is 5.82 Å². The zero-order valence-electron chi connectivity index (χ0n) is 10.6. The van der Waals surface area contributed by atoms with Crippen LogP contribution in [0.1, 0.15) is 29.9 Å².